The van der Waals surface area contributed by atoms with E-state index in [1.54, 1.807) is 0 Å². The Hall–Kier alpha value is -3.64. The van der Waals surface area contributed by atoms with Crippen LogP contribution in [0.1, 0.15) is 37.3 Å². The second-order valence-electron chi connectivity index (χ2n) is 10.6. The van der Waals surface area contributed by atoms with Crippen molar-refractivity contribution in [1.82, 2.24) is 19.8 Å². The molecule has 1 amide bonds. The molecule has 6 nitrogen and oxygen atoms in total. The third-order valence-electron chi connectivity index (χ3n) is 8.48. The van der Waals surface area contributed by atoms with E-state index in [0.29, 0.717) is 6.54 Å². The van der Waals surface area contributed by atoms with Crippen LogP contribution >= 0.6 is 0 Å². The van der Waals surface area contributed by atoms with E-state index in [1.165, 1.54) is 16.6 Å². The Morgan fingerprint density at radius 2 is 1.50 bits per heavy atom. The van der Waals surface area contributed by atoms with Crippen LogP contribution < -0.4 is 10.2 Å². The molecule has 2 heterocycles. The number of amides is 1. The van der Waals surface area contributed by atoms with Crippen molar-refractivity contribution in [2.24, 2.45) is 7.05 Å². The molecule has 1 fully saturated rings. The third kappa shape index (κ3) is 4.08. The fraction of sp³-hybridized carbons (Fsp3) is 0.375. The monoisotopic (exact) mass is 507 g/mol. The Labute approximate surface area is 225 Å². The number of carbonyl (C=O) groups excluding carboxylic acids is 1. The first kappa shape index (κ1) is 24.7. The van der Waals surface area contributed by atoms with Gasteiger partial charge in [0.1, 0.15) is 5.41 Å². The summed E-state index contributed by atoms with van der Waals surface area (Å²) in [4.78, 5) is 23.6. The number of aryl methyl sites for hydroxylation is 1. The third-order valence-corrected chi connectivity index (χ3v) is 8.48. The zero-order valence-corrected chi connectivity index (χ0v) is 22.5. The molecule has 1 aliphatic carbocycles. The first-order chi connectivity index (χ1) is 18.6. The molecule has 4 aromatic rings. The maximum Gasteiger partial charge on any atom is 0.235 e. The van der Waals surface area contributed by atoms with Crippen LogP contribution in [0.15, 0.2) is 72.8 Å². The van der Waals surface area contributed by atoms with Gasteiger partial charge in [0.25, 0.3) is 0 Å². The number of unbranched alkanes of at least 4 members (excludes halogenated alkanes) is 1. The van der Waals surface area contributed by atoms with Crippen molar-refractivity contribution in [2.45, 2.75) is 31.6 Å². The van der Waals surface area contributed by atoms with Crippen molar-refractivity contribution in [3.63, 3.8) is 0 Å². The lowest BCUT2D eigenvalue weighted by Gasteiger charge is -2.35. The topological polar surface area (TPSA) is 53.4 Å². The lowest BCUT2D eigenvalue weighted by Crippen LogP contribution is -2.47. The van der Waals surface area contributed by atoms with Gasteiger partial charge in [0.05, 0.1) is 11.0 Å². The molecule has 0 atom stereocenters. The summed E-state index contributed by atoms with van der Waals surface area (Å²) in [6, 6.07) is 25.3. The molecule has 3 aromatic carbocycles. The molecule has 196 valence electrons. The summed E-state index contributed by atoms with van der Waals surface area (Å²) in [6.45, 7) is 7.76. The first-order valence-electron chi connectivity index (χ1n) is 14.0. The van der Waals surface area contributed by atoms with Crippen LogP contribution in [-0.4, -0.2) is 59.6 Å². The van der Waals surface area contributed by atoms with E-state index in [0.717, 1.165) is 74.6 Å². The average Bonchev–Trinajstić information content (AvgIpc) is 3.45. The number of para-hydroxylation sites is 2. The smallest absolute Gasteiger partial charge is 0.235 e. The van der Waals surface area contributed by atoms with Crippen LogP contribution in [0.5, 0.6) is 0 Å². The number of imidazole rings is 1. The molecule has 0 spiro atoms. The van der Waals surface area contributed by atoms with E-state index in [1.807, 2.05) is 6.92 Å². The molecule has 2 aliphatic rings. The number of benzene rings is 3. The number of nitrogens with one attached hydrogen (secondary N) is 1. The minimum absolute atomic E-state index is 0.133. The minimum atomic E-state index is -0.609. The van der Waals surface area contributed by atoms with Gasteiger partial charge in [-0.05, 0) is 60.7 Å². The summed E-state index contributed by atoms with van der Waals surface area (Å²) in [6.07, 6.45) is 2.91. The number of hydrogen-bond acceptors (Lipinski definition) is 4. The van der Waals surface area contributed by atoms with E-state index in [2.05, 4.69) is 99.5 Å². The molecule has 0 radical (unpaired) electrons. The predicted molar refractivity (Wildman–Crippen MR) is 155 cm³/mol. The largest absolute Gasteiger partial charge is 0.355 e. The highest BCUT2D eigenvalue weighted by atomic mass is 16.2. The number of hydrogen-bond donors (Lipinski definition) is 1. The second-order valence-corrected chi connectivity index (χ2v) is 10.6. The summed E-state index contributed by atoms with van der Waals surface area (Å²) in [5, 5.41) is 3.17. The van der Waals surface area contributed by atoms with Crippen LogP contribution in [0.25, 0.3) is 22.2 Å². The van der Waals surface area contributed by atoms with Gasteiger partial charge in [-0.2, -0.15) is 0 Å². The van der Waals surface area contributed by atoms with Crippen LogP contribution in [0.2, 0.25) is 0 Å². The molecular formula is C32H37N5O. The maximum atomic E-state index is 13.7. The quantitative estimate of drug-likeness (QED) is 0.342. The molecule has 6 rings (SSSR count). The van der Waals surface area contributed by atoms with Gasteiger partial charge in [0.15, 0.2) is 0 Å². The SMILES string of the molecule is CCNC(=O)C1(CCCCN2CCN(c3nc4ccccc4n3C)CC2)c2ccccc2-c2ccccc21. The Morgan fingerprint density at radius 3 is 2.16 bits per heavy atom. The highest BCUT2D eigenvalue weighted by Crippen LogP contribution is 2.51. The highest BCUT2D eigenvalue weighted by Gasteiger charge is 2.48. The fourth-order valence-corrected chi connectivity index (χ4v) is 6.58. The lowest BCUT2D eigenvalue weighted by molar-refractivity contribution is -0.125. The number of carbonyl (C=O) groups is 1. The number of nitrogens with zero attached hydrogens (tertiary/aromatic N) is 4. The maximum absolute atomic E-state index is 13.7. The van der Waals surface area contributed by atoms with Gasteiger partial charge >= 0.3 is 0 Å². The number of anilines is 1. The fourth-order valence-electron chi connectivity index (χ4n) is 6.58. The average molecular weight is 508 g/mol. The minimum Gasteiger partial charge on any atom is -0.355 e. The Bertz CT molecular complexity index is 1400. The lowest BCUT2D eigenvalue weighted by atomic mass is 9.73. The van der Waals surface area contributed by atoms with Crippen molar-refractivity contribution in [3.05, 3.63) is 83.9 Å². The molecule has 1 saturated heterocycles. The van der Waals surface area contributed by atoms with Gasteiger partial charge in [-0.1, -0.05) is 67.1 Å². The summed E-state index contributed by atoms with van der Waals surface area (Å²) < 4.78 is 2.21. The van der Waals surface area contributed by atoms with Crippen molar-refractivity contribution < 1.29 is 4.79 Å². The van der Waals surface area contributed by atoms with Crippen LogP contribution in [-0.2, 0) is 17.3 Å². The first-order valence-corrected chi connectivity index (χ1v) is 14.0. The van der Waals surface area contributed by atoms with Gasteiger partial charge in [-0.25, -0.2) is 4.98 Å². The van der Waals surface area contributed by atoms with E-state index in [-0.39, 0.29) is 5.91 Å². The van der Waals surface area contributed by atoms with Crippen LogP contribution in [0, 0.1) is 0 Å². The zero-order chi connectivity index (χ0) is 26.1. The van der Waals surface area contributed by atoms with Crippen molar-refractivity contribution in [2.75, 3.05) is 44.2 Å². The van der Waals surface area contributed by atoms with Crippen molar-refractivity contribution in [3.8, 4) is 11.1 Å². The van der Waals surface area contributed by atoms with Gasteiger partial charge in [-0.15, -0.1) is 0 Å². The van der Waals surface area contributed by atoms with E-state index in [9.17, 15) is 4.79 Å². The molecule has 0 bridgehead atoms. The molecule has 38 heavy (non-hydrogen) atoms. The standard InChI is InChI=1S/C32H37N5O/c1-3-33-30(38)32(26-14-6-4-12-24(26)25-13-5-7-15-27(25)32)18-10-11-19-36-20-22-37(23-21-36)31-34-28-16-8-9-17-29(28)35(31)2/h4-9,12-17H,3,10-11,18-23H2,1-2H3,(H,33,38). The molecule has 0 unspecified atom stereocenters. The number of fused-ring (bicyclic) bond motifs is 4. The van der Waals surface area contributed by atoms with Crippen molar-refractivity contribution >= 4 is 22.9 Å². The van der Waals surface area contributed by atoms with Crippen LogP contribution in [0.3, 0.4) is 0 Å². The molecule has 6 heteroatoms. The van der Waals surface area contributed by atoms with Gasteiger partial charge in [0, 0.05) is 39.8 Å². The van der Waals surface area contributed by atoms with Gasteiger partial charge in [0.2, 0.25) is 11.9 Å². The van der Waals surface area contributed by atoms with Crippen LogP contribution in [0.4, 0.5) is 5.95 Å². The van der Waals surface area contributed by atoms with Crippen molar-refractivity contribution in [1.29, 1.82) is 0 Å². The zero-order valence-electron chi connectivity index (χ0n) is 22.5. The number of rotatable bonds is 8. The molecule has 1 N–H and O–H groups in total. The summed E-state index contributed by atoms with van der Waals surface area (Å²) in [5.41, 5.74) is 6.35. The second kappa shape index (κ2) is 10.3. The van der Waals surface area contributed by atoms with E-state index in [4.69, 9.17) is 4.98 Å². The molecule has 0 saturated carbocycles. The normalized spacial score (nSPS) is 16.4. The Balaban J connectivity index is 1.11. The van der Waals surface area contributed by atoms with Gasteiger partial charge < -0.3 is 14.8 Å². The van der Waals surface area contributed by atoms with E-state index < -0.39 is 5.41 Å². The summed E-state index contributed by atoms with van der Waals surface area (Å²) >= 11 is 0. The number of piperazine rings is 1. The summed E-state index contributed by atoms with van der Waals surface area (Å²) in [7, 11) is 2.11. The van der Waals surface area contributed by atoms with E-state index >= 15 is 0 Å². The molecular weight excluding hydrogens is 470 g/mol. The number of aromatic nitrogens is 2. The Morgan fingerprint density at radius 1 is 0.868 bits per heavy atom. The highest BCUT2D eigenvalue weighted by molar-refractivity contribution is 6.00. The summed E-state index contributed by atoms with van der Waals surface area (Å²) in [5.74, 6) is 1.20. The number of likely N-dealkylation sites (N-methyl/N-ethyl adjacent to an activating group) is 1. The molecule has 1 aliphatic heterocycles. The Kier molecular flexibility index (Phi) is 6.66. The predicted octanol–water partition coefficient (Wildman–Crippen LogP) is 4.97. The molecule has 1 aromatic heterocycles. The van der Waals surface area contributed by atoms with Gasteiger partial charge in [-0.3, -0.25) is 9.69 Å².